The van der Waals surface area contributed by atoms with Gasteiger partial charge in [0.05, 0.1) is 4.92 Å². The fourth-order valence-electron chi connectivity index (χ4n) is 1.70. The van der Waals surface area contributed by atoms with Crippen LogP contribution in [0.1, 0.15) is 6.42 Å². The molecule has 1 aliphatic rings. The largest absolute Gasteiger partial charge is 0.326 e. The third kappa shape index (κ3) is 2.80. The number of hydrogen-bond donors (Lipinski definition) is 2. The first-order chi connectivity index (χ1) is 8.56. The lowest BCUT2D eigenvalue weighted by Gasteiger charge is -2.26. The average molecular weight is 253 g/mol. The summed E-state index contributed by atoms with van der Waals surface area (Å²) in [5.74, 6) is -0.856. The minimum atomic E-state index is -0.955. The Balaban J connectivity index is 1.98. The molecule has 0 atom stereocenters. The number of nitrogens with zero attached hydrogens (tertiary/aromatic N) is 1. The van der Waals surface area contributed by atoms with E-state index in [9.17, 15) is 19.3 Å². The molecule has 0 unspecified atom stereocenters. The van der Waals surface area contributed by atoms with E-state index in [4.69, 9.17) is 0 Å². The van der Waals surface area contributed by atoms with Gasteiger partial charge in [0.25, 0.3) is 0 Å². The summed E-state index contributed by atoms with van der Waals surface area (Å²) < 4.78 is 13.3. The number of benzene rings is 1. The zero-order valence-corrected chi connectivity index (χ0v) is 9.48. The summed E-state index contributed by atoms with van der Waals surface area (Å²) in [6.45, 7) is 1.62. The van der Waals surface area contributed by atoms with Crippen molar-refractivity contribution in [2.24, 2.45) is 5.92 Å². The standard InChI is InChI=1S/C11H12FN3O3/c12-9-4-8(1-2-10(9)15(17)18)14-11(16)3-7-5-13-6-7/h1-2,4,7,13H,3,5-6H2,(H,14,16). The topological polar surface area (TPSA) is 84.3 Å². The van der Waals surface area contributed by atoms with Gasteiger partial charge in [-0.25, -0.2) is 0 Å². The fraction of sp³-hybridized carbons (Fsp3) is 0.364. The third-order valence-corrected chi connectivity index (χ3v) is 2.77. The number of amides is 1. The molecule has 1 aliphatic heterocycles. The lowest BCUT2D eigenvalue weighted by molar-refractivity contribution is -0.387. The molecule has 6 nitrogen and oxygen atoms in total. The van der Waals surface area contributed by atoms with Crippen LogP contribution < -0.4 is 10.6 Å². The van der Waals surface area contributed by atoms with Crippen LogP contribution in [0.25, 0.3) is 0 Å². The van der Waals surface area contributed by atoms with Crippen molar-refractivity contribution in [1.82, 2.24) is 5.32 Å². The summed E-state index contributed by atoms with van der Waals surface area (Å²) in [7, 11) is 0. The van der Waals surface area contributed by atoms with Gasteiger partial charge in [-0.15, -0.1) is 0 Å². The van der Waals surface area contributed by atoms with Gasteiger partial charge in [0, 0.05) is 24.2 Å². The monoisotopic (exact) mass is 253 g/mol. The van der Waals surface area contributed by atoms with Crippen LogP contribution in [0.5, 0.6) is 0 Å². The second-order valence-electron chi connectivity index (χ2n) is 4.20. The van der Waals surface area contributed by atoms with Gasteiger partial charge in [-0.1, -0.05) is 0 Å². The van der Waals surface area contributed by atoms with Crippen LogP contribution in [0.3, 0.4) is 0 Å². The minimum Gasteiger partial charge on any atom is -0.326 e. The Morgan fingerprint density at radius 1 is 1.56 bits per heavy atom. The summed E-state index contributed by atoms with van der Waals surface area (Å²) in [6, 6.07) is 3.31. The SMILES string of the molecule is O=C(CC1CNC1)Nc1ccc([N+](=O)[O-])c(F)c1. The summed E-state index contributed by atoms with van der Waals surface area (Å²) in [6.07, 6.45) is 0.367. The first-order valence-electron chi connectivity index (χ1n) is 5.51. The van der Waals surface area contributed by atoms with Gasteiger partial charge in [0.1, 0.15) is 0 Å². The number of carbonyl (C=O) groups excluding carboxylic acids is 1. The molecule has 0 saturated carbocycles. The Kier molecular flexibility index (Phi) is 3.52. The van der Waals surface area contributed by atoms with Gasteiger partial charge < -0.3 is 10.6 Å². The van der Waals surface area contributed by atoms with Crippen LogP contribution in [0.15, 0.2) is 18.2 Å². The molecule has 0 aromatic heterocycles. The Morgan fingerprint density at radius 2 is 2.28 bits per heavy atom. The second-order valence-corrected chi connectivity index (χ2v) is 4.20. The number of hydrogen-bond acceptors (Lipinski definition) is 4. The Bertz CT molecular complexity index is 488. The molecule has 1 fully saturated rings. The first kappa shape index (κ1) is 12.4. The van der Waals surface area contributed by atoms with E-state index in [0.29, 0.717) is 12.3 Å². The molecule has 18 heavy (non-hydrogen) atoms. The smallest absolute Gasteiger partial charge is 0.304 e. The van der Waals surface area contributed by atoms with Crippen molar-refractivity contribution in [2.45, 2.75) is 6.42 Å². The molecule has 0 aliphatic carbocycles. The molecule has 0 bridgehead atoms. The molecule has 7 heteroatoms. The van der Waals surface area contributed by atoms with E-state index >= 15 is 0 Å². The van der Waals surface area contributed by atoms with Crippen molar-refractivity contribution in [3.63, 3.8) is 0 Å². The highest BCUT2D eigenvalue weighted by Crippen LogP contribution is 2.21. The van der Waals surface area contributed by atoms with Crippen molar-refractivity contribution in [1.29, 1.82) is 0 Å². The summed E-state index contributed by atoms with van der Waals surface area (Å²) in [5.41, 5.74) is -0.369. The molecule has 96 valence electrons. The van der Waals surface area contributed by atoms with Crippen molar-refractivity contribution in [3.8, 4) is 0 Å². The molecule has 2 rings (SSSR count). The summed E-state index contributed by atoms with van der Waals surface area (Å²) in [4.78, 5) is 21.2. The van der Waals surface area contributed by atoms with E-state index < -0.39 is 16.4 Å². The van der Waals surface area contributed by atoms with Crippen LogP contribution in [-0.2, 0) is 4.79 Å². The number of halogens is 1. The molecule has 1 saturated heterocycles. The molecule has 1 heterocycles. The zero-order valence-electron chi connectivity index (χ0n) is 9.48. The van der Waals surface area contributed by atoms with Crippen LogP contribution in [0, 0.1) is 21.8 Å². The first-order valence-corrected chi connectivity index (χ1v) is 5.51. The summed E-state index contributed by atoms with van der Waals surface area (Å²) >= 11 is 0. The lowest BCUT2D eigenvalue weighted by Crippen LogP contribution is -2.43. The van der Waals surface area contributed by atoms with Gasteiger partial charge >= 0.3 is 5.69 Å². The molecule has 1 aromatic rings. The number of anilines is 1. The van der Waals surface area contributed by atoms with Crippen molar-refractivity contribution >= 4 is 17.3 Å². The maximum absolute atomic E-state index is 13.3. The molecular weight excluding hydrogens is 241 g/mol. The second kappa shape index (κ2) is 5.09. The van der Waals surface area contributed by atoms with Gasteiger partial charge in [0.15, 0.2) is 0 Å². The maximum atomic E-state index is 13.3. The maximum Gasteiger partial charge on any atom is 0.304 e. The predicted molar refractivity (Wildman–Crippen MR) is 62.7 cm³/mol. The number of rotatable bonds is 4. The molecule has 2 N–H and O–H groups in total. The van der Waals surface area contributed by atoms with Crippen LogP contribution >= 0.6 is 0 Å². The average Bonchev–Trinajstić information content (AvgIpc) is 2.23. The summed E-state index contributed by atoms with van der Waals surface area (Å²) in [5, 5.41) is 16.0. The Labute approximate surface area is 102 Å². The van der Waals surface area contributed by atoms with Gasteiger partial charge in [0.2, 0.25) is 11.7 Å². The zero-order chi connectivity index (χ0) is 13.1. The highest BCUT2D eigenvalue weighted by Gasteiger charge is 2.20. The number of nitrogens with one attached hydrogen (secondary N) is 2. The molecule has 0 radical (unpaired) electrons. The van der Waals surface area contributed by atoms with Crippen LogP contribution in [0.4, 0.5) is 15.8 Å². The van der Waals surface area contributed by atoms with E-state index in [1.54, 1.807) is 0 Å². The quantitative estimate of drug-likeness (QED) is 0.625. The third-order valence-electron chi connectivity index (χ3n) is 2.77. The van der Waals surface area contributed by atoms with E-state index in [0.717, 1.165) is 25.2 Å². The molecule has 1 aromatic carbocycles. The molecular formula is C11H12FN3O3. The number of nitro benzene ring substituents is 1. The fourth-order valence-corrected chi connectivity index (χ4v) is 1.70. The van der Waals surface area contributed by atoms with Gasteiger partial charge in [-0.05, 0) is 25.1 Å². The highest BCUT2D eigenvalue weighted by atomic mass is 19.1. The van der Waals surface area contributed by atoms with Crippen molar-refractivity contribution in [2.75, 3.05) is 18.4 Å². The van der Waals surface area contributed by atoms with E-state index in [-0.39, 0.29) is 11.6 Å². The highest BCUT2D eigenvalue weighted by molar-refractivity contribution is 5.91. The predicted octanol–water partition coefficient (Wildman–Crippen LogP) is 1.28. The Hall–Kier alpha value is -2.02. The van der Waals surface area contributed by atoms with Crippen molar-refractivity contribution in [3.05, 3.63) is 34.1 Å². The van der Waals surface area contributed by atoms with Crippen molar-refractivity contribution < 1.29 is 14.1 Å². The van der Waals surface area contributed by atoms with E-state index in [1.165, 1.54) is 6.07 Å². The lowest BCUT2D eigenvalue weighted by atomic mass is 9.99. The van der Waals surface area contributed by atoms with E-state index in [1.807, 2.05) is 0 Å². The van der Waals surface area contributed by atoms with Gasteiger partial charge in [-0.2, -0.15) is 4.39 Å². The number of nitro groups is 1. The Morgan fingerprint density at radius 3 is 2.78 bits per heavy atom. The molecule has 1 amide bonds. The number of carbonyl (C=O) groups is 1. The van der Waals surface area contributed by atoms with Crippen LogP contribution in [-0.4, -0.2) is 23.9 Å². The van der Waals surface area contributed by atoms with E-state index in [2.05, 4.69) is 10.6 Å². The molecule has 0 spiro atoms. The minimum absolute atomic E-state index is 0.213. The normalized spacial score (nSPS) is 14.9. The van der Waals surface area contributed by atoms with Crippen LogP contribution in [0.2, 0.25) is 0 Å². The van der Waals surface area contributed by atoms with Gasteiger partial charge in [-0.3, -0.25) is 14.9 Å².